The summed E-state index contributed by atoms with van der Waals surface area (Å²) in [5.74, 6) is 1.11. The van der Waals surface area contributed by atoms with Crippen LogP contribution < -0.4 is 10.1 Å². The molecule has 0 bridgehead atoms. The first-order valence-electron chi connectivity index (χ1n) is 6.80. The average Bonchev–Trinajstić information content (AvgIpc) is 2.86. The Morgan fingerprint density at radius 3 is 2.50 bits per heavy atom. The molecule has 108 valence electrons. The molecule has 2 rings (SSSR count). The number of ether oxygens (including phenoxy) is 1. The number of benzene rings is 1. The van der Waals surface area contributed by atoms with Gasteiger partial charge in [-0.15, -0.1) is 11.3 Å². The summed E-state index contributed by atoms with van der Waals surface area (Å²) >= 11 is 1.75. The second-order valence-electron chi connectivity index (χ2n) is 5.14. The van der Waals surface area contributed by atoms with E-state index in [-0.39, 0.29) is 5.82 Å². The summed E-state index contributed by atoms with van der Waals surface area (Å²) in [5, 5.41) is 3.42. The predicted octanol–water partition coefficient (Wildman–Crippen LogP) is 4.21. The normalized spacial score (nSPS) is 11.0. The fourth-order valence-corrected chi connectivity index (χ4v) is 2.67. The summed E-state index contributed by atoms with van der Waals surface area (Å²) < 4.78 is 18.4. The maximum absolute atomic E-state index is 12.8. The molecule has 0 atom stereocenters. The van der Waals surface area contributed by atoms with Crippen LogP contribution in [-0.4, -0.2) is 6.54 Å². The van der Waals surface area contributed by atoms with Crippen LogP contribution >= 0.6 is 11.3 Å². The van der Waals surface area contributed by atoms with Crippen molar-refractivity contribution in [2.75, 3.05) is 6.54 Å². The number of halogens is 1. The van der Waals surface area contributed by atoms with E-state index in [2.05, 4.69) is 31.3 Å². The predicted molar refractivity (Wildman–Crippen MR) is 81.6 cm³/mol. The highest BCUT2D eigenvalue weighted by molar-refractivity contribution is 7.11. The zero-order valence-corrected chi connectivity index (χ0v) is 12.7. The van der Waals surface area contributed by atoms with Gasteiger partial charge in [0, 0.05) is 16.3 Å². The lowest BCUT2D eigenvalue weighted by atomic mass is 10.2. The highest BCUT2D eigenvalue weighted by atomic mass is 32.1. The molecule has 1 N–H and O–H groups in total. The number of rotatable bonds is 7. The minimum atomic E-state index is -0.244. The van der Waals surface area contributed by atoms with Gasteiger partial charge in [0.05, 0.1) is 0 Å². The minimum Gasteiger partial charge on any atom is -0.488 e. The Labute approximate surface area is 123 Å². The van der Waals surface area contributed by atoms with E-state index in [9.17, 15) is 4.39 Å². The van der Waals surface area contributed by atoms with Crippen molar-refractivity contribution in [2.24, 2.45) is 5.92 Å². The van der Waals surface area contributed by atoms with Crippen LogP contribution in [-0.2, 0) is 13.2 Å². The van der Waals surface area contributed by atoms with Crippen molar-refractivity contribution in [3.63, 3.8) is 0 Å². The van der Waals surface area contributed by atoms with Gasteiger partial charge in [-0.05, 0) is 48.9 Å². The molecular formula is C16H20FNOS. The third-order valence-corrected chi connectivity index (χ3v) is 3.82. The number of hydrogen-bond acceptors (Lipinski definition) is 3. The van der Waals surface area contributed by atoms with Crippen LogP contribution in [0.4, 0.5) is 4.39 Å². The van der Waals surface area contributed by atoms with Crippen LogP contribution in [0.1, 0.15) is 23.6 Å². The van der Waals surface area contributed by atoms with Gasteiger partial charge in [-0.25, -0.2) is 4.39 Å². The third-order valence-electron chi connectivity index (χ3n) is 2.76. The Bertz CT molecular complexity index is 522. The van der Waals surface area contributed by atoms with Crippen molar-refractivity contribution >= 4 is 11.3 Å². The molecule has 0 radical (unpaired) electrons. The molecule has 20 heavy (non-hydrogen) atoms. The fraction of sp³-hybridized carbons (Fsp3) is 0.375. The van der Waals surface area contributed by atoms with E-state index in [0.29, 0.717) is 18.3 Å². The molecule has 0 unspecified atom stereocenters. The lowest BCUT2D eigenvalue weighted by Gasteiger charge is -2.05. The van der Waals surface area contributed by atoms with Crippen LogP contribution in [0.2, 0.25) is 0 Å². The summed E-state index contributed by atoms with van der Waals surface area (Å²) in [6.45, 7) is 6.85. The van der Waals surface area contributed by atoms with Gasteiger partial charge in [0.1, 0.15) is 18.2 Å². The molecular weight excluding hydrogens is 273 g/mol. The Hall–Kier alpha value is -1.39. The van der Waals surface area contributed by atoms with Gasteiger partial charge in [-0.2, -0.15) is 0 Å². The number of hydrogen-bond donors (Lipinski definition) is 1. The van der Waals surface area contributed by atoms with E-state index in [1.165, 1.54) is 21.9 Å². The van der Waals surface area contributed by atoms with Crippen molar-refractivity contribution in [1.82, 2.24) is 5.32 Å². The van der Waals surface area contributed by atoms with E-state index >= 15 is 0 Å². The second-order valence-corrected chi connectivity index (χ2v) is 6.39. The van der Waals surface area contributed by atoms with E-state index in [4.69, 9.17) is 4.74 Å². The Morgan fingerprint density at radius 1 is 1.10 bits per heavy atom. The molecule has 0 aliphatic heterocycles. The first-order valence-corrected chi connectivity index (χ1v) is 7.62. The summed E-state index contributed by atoms with van der Waals surface area (Å²) in [6.07, 6.45) is 0. The molecule has 1 aromatic heterocycles. The number of nitrogens with one attached hydrogen (secondary N) is 1. The summed E-state index contributed by atoms with van der Waals surface area (Å²) in [4.78, 5) is 2.49. The third kappa shape index (κ3) is 4.94. The topological polar surface area (TPSA) is 21.3 Å². The van der Waals surface area contributed by atoms with E-state index in [1.54, 1.807) is 23.5 Å². The lowest BCUT2D eigenvalue weighted by Crippen LogP contribution is -2.18. The molecule has 2 nitrogen and oxygen atoms in total. The highest BCUT2D eigenvalue weighted by Gasteiger charge is 2.02. The highest BCUT2D eigenvalue weighted by Crippen LogP contribution is 2.19. The summed E-state index contributed by atoms with van der Waals surface area (Å²) in [5.41, 5.74) is 0. The Kier molecular flexibility index (Phi) is 5.56. The smallest absolute Gasteiger partial charge is 0.123 e. The van der Waals surface area contributed by atoms with Crippen LogP contribution in [0.3, 0.4) is 0 Å². The first kappa shape index (κ1) is 15.0. The summed E-state index contributed by atoms with van der Waals surface area (Å²) in [6, 6.07) is 10.3. The van der Waals surface area contributed by atoms with Crippen molar-refractivity contribution < 1.29 is 9.13 Å². The van der Waals surface area contributed by atoms with E-state index in [1.807, 2.05) is 0 Å². The molecule has 0 saturated carbocycles. The minimum absolute atomic E-state index is 0.244. The fourth-order valence-electron chi connectivity index (χ4n) is 1.76. The lowest BCUT2D eigenvalue weighted by molar-refractivity contribution is 0.309. The number of thiophene rings is 1. The van der Waals surface area contributed by atoms with Gasteiger partial charge in [0.15, 0.2) is 0 Å². The zero-order valence-electron chi connectivity index (χ0n) is 11.9. The summed E-state index contributed by atoms with van der Waals surface area (Å²) in [7, 11) is 0. The molecule has 0 amide bonds. The monoisotopic (exact) mass is 293 g/mol. The van der Waals surface area contributed by atoms with Gasteiger partial charge in [0.25, 0.3) is 0 Å². The van der Waals surface area contributed by atoms with Gasteiger partial charge in [-0.3, -0.25) is 0 Å². The Balaban J connectivity index is 1.79. The SMILES string of the molecule is CC(C)CNCc1ccc(COc2ccc(F)cc2)s1. The first-order chi connectivity index (χ1) is 9.63. The zero-order chi connectivity index (χ0) is 14.4. The second kappa shape index (κ2) is 7.41. The maximum Gasteiger partial charge on any atom is 0.123 e. The van der Waals surface area contributed by atoms with Crippen molar-refractivity contribution in [1.29, 1.82) is 0 Å². The molecule has 0 aliphatic rings. The molecule has 1 heterocycles. The molecule has 2 aromatic rings. The average molecular weight is 293 g/mol. The largest absolute Gasteiger partial charge is 0.488 e. The van der Waals surface area contributed by atoms with Crippen LogP contribution in [0.25, 0.3) is 0 Å². The van der Waals surface area contributed by atoms with Crippen LogP contribution in [0.5, 0.6) is 5.75 Å². The van der Waals surface area contributed by atoms with Crippen LogP contribution in [0, 0.1) is 11.7 Å². The quantitative estimate of drug-likeness (QED) is 0.825. The molecule has 0 fully saturated rings. The van der Waals surface area contributed by atoms with Gasteiger partial charge < -0.3 is 10.1 Å². The van der Waals surface area contributed by atoms with Gasteiger partial charge in [-0.1, -0.05) is 13.8 Å². The van der Waals surface area contributed by atoms with Crippen molar-refractivity contribution in [3.05, 3.63) is 52.0 Å². The van der Waals surface area contributed by atoms with E-state index in [0.717, 1.165) is 13.1 Å². The Morgan fingerprint density at radius 2 is 1.80 bits per heavy atom. The molecule has 1 aromatic carbocycles. The molecule has 0 saturated heterocycles. The maximum atomic E-state index is 12.8. The van der Waals surface area contributed by atoms with Gasteiger partial charge in [0.2, 0.25) is 0 Å². The molecule has 4 heteroatoms. The molecule has 0 aliphatic carbocycles. The van der Waals surface area contributed by atoms with Crippen molar-refractivity contribution in [3.8, 4) is 5.75 Å². The van der Waals surface area contributed by atoms with E-state index < -0.39 is 0 Å². The standard InChI is InChI=1S/C16H20FNOS/c1-12(2)9-18-10-15-7-8-16(20-15)11-19-14-5-3-13(17)4-6-14/h3-8,12,18H,9-11H2,1-2H3. The molecule has 0 spiro atoms. The van der Waals surface area contributed by atoms with Crippen molar-refractivity contribution in [2.45, 2.75) is 27.0 Å². The van der Waals surface area contributed by atoms with Gasteiger partial charge >= 0.3 is 0 Å². The van der Waals surface area contributed by atoms with Crippen LogP contribution in [0.15, 0.2) is 36.4 Å².